The number of amides is 1. The molecule has 0 radical (unpaired) electrons. The minimum Gasteiger partial charge on any atom is -0.481 e. The number of hydrogen-bond donors (Lipinski definition) is 1. The first-order valence-electron chi connectivity index (χ1n) is 7.10. The maximum Gasteiger partial charge on any atom is 0.310 e. The predicted molar refractivity (Wildman–Crippen MR) is 77.6 cm³/mol. The van der Waals surface area contributed by atoms with Crippen molar-refractivity contribution in [3.8, 4) is 0 Å². The highest BCUT2D eigenvalue weighted by Crippen LogP contribution is 2.40. The van der Waals surface area contributed by atoms with E-state index < -0.39 is 11.4 Å². The summed E-state index contributed by atoms with van der Waals surface area (Å²) in [5.41, 5.74) is -0.0629. The maximum absolute atomic E-state index is 12.4. The van der Waals surface area contributed by atoms with Gasteiger partial charge in [0.2, 0.25) is 5.91 Å². The summed E-state index contributed by atoms with van der Waals surface area (Å²) in [6.45, 7) is 0. The summed E-state index contributed by atoms with van der Waals surface area (Å²) in [5.74, 6) is -0.951. The van der Waals surface area contributed by atoms with E-state index in [0.717, 1.165) is 24.9 Å². The molecule has 1 aliphatic carbocycles. The summed E-state index contributed by atoms with van der Waals surface area (Å²) < 4.78 is 0. The van der Waals surface area contributed by atoms with Gasteiger partial charge in [0.15, 0.2) is 0 Å². The first-order valence-corrected chi connectivity index (χ1v) is 7.10. The molecule has 0 heterocycles. The molecule has 1 N–H and O–H groups in total. The summed E-state index contributed by atoms with van der Waals surface area (Å²) >= 11 is 0. The molecule has 0 aliphatic heterocycles. The van der Waals surface area contributed by atoms with Gasteiger partial charge >= 0.3 is 5.97 Å². The summed E-state index contributed by atoms with van der Waals surface area (Å²) in [5, 5.41) is 9.52. The molecule has 0 bridgehead atoms. The van der Waals surface area contributed by atoms with Gasteiger partial charge in [-0.2, -0.15) is 0 Å². The molecule has 2 rings (SSSR count). The second-order valence-electron chi connectivity index (χ2n) is 5.61. The van der Waals surface area contributed by atoms with Gasteiger partial charge in [-0.15, -0.1) is 0 Å². The third kappa shape index (κ3) is 3.00. The molecule has 1 aliphatic rings. The third-order valence-electron chi connectivity index (χ3n) is 4.27. The topological polar surface area (TPSA) is 57.6 Å². The Morgan fingerprint density at radius 3 is 2.30 bits per heavy atom. The Balaban J connectivity index is 2.11. The van der Waals surface area contributed by atoms with Crippen LogP contribution in [-0.4, -0.2) is 24.0 Å². The van der Waals surface area contributed by atoms with E-state index in [1.165, 1.54) is 0 Å². The van der Waals surface area contributed by atoms with Crippen LogP contribution in [0.1, 0.15) is 38.5 Å². The molecule has 1 amide bonds. The van der Waals surface area contributed by atoms with Crippen LogP contribution in [0.2, 0.25) is 0 Å². The van der Waals surface area contributed by atoms with Crippen LogP contribution < -0.4 is 4.90 Å². The van der Waals surface area contributed by atoms with Gasteiger partial charge in [0, 0.05) is 19.2 Å². The van der Waals surface area contributed by atoms with Gasteiger partial charge < -0.3 is 10.0 Å². The van der Waals surface area contributed by atoms with Crippen LogP contribution in [0, 0.1) is 5.41 Å². The zero-order chi connectivity index (χ0) is 14.6. The molecule has 0 atom stereocenters. The molecular formula is C16H21NO3. The average Bonchev–Trinajstić information content (AvgIpc) is 2.48. The lowest BCUT2D eigenvalue weighted by atomic mass is 9.71. The summed E-state index contributed by atoms with van der Waals surface area (Å²) in [6, 6.07) is 9.33. The highest BCUT2D eigenvalue weighted by molar-refractivity contribution is 5.95. The Kier molecular flexibility index (Phi) is 4.42. The quantitative estimate of drug-likeness (QED) is 0.918. The molecule has 1 aromatic carbocycles. The van der Waals surface area contributed by atoms with Crippen LogP contribution in [0.25, 0.3) is 0 Å². The zero-order valence-corrected chi connectivity index (χ0v) is 11.8. The largest absolute Gasteiger partial charge is 0.481 e. The van der Waals surface area contributed by atoms with E-state index in [0.29, 0.717) is 12.8 Å². The monoisotopic (exact) mass is 275 g/mol. The number of carboxylic acid groups (broad SMARTS) is 1. The van der Waals surface area contributed by atoms with Crippen molar-refractivity contribution in [3.63, 3.8) is 0 Å². The van der Waals surface area contributed by atoms with Crippen molar-refractivity contribution in [2.45, 2.75) is 38.5 Å². The van der Waals surface area contributed by atoms with Crippen LogP contribution in [0.4, 0.5) is 5.69 Å². The van der Waals surface area contributed by atoms with E-state index >= 15 is 0 Å². The van der Waals surface area contributed by atoms with Gasteiger partial charge in [-0.1, -0.05) is 37.5 Å². The van der Waals surface area contributed by atoms with E-state index in [9.17, 15) is 14.7 Å². The van der Waals surface area contributed by atoms with Gasteiger partial charge in [-0.05, 0) is 25.0 Å². The van der Waals surface area contributed by atoms with Gasteiger partial charge in [-0.25, -0.2) is 0 Å². The van der Waals surface area contributed by atoms with Crippen molar-refractivity contribution in [1.29, 1.82) is 0 Å². The summed E-state index contributed by atoms with van der Waals surface area (Å²) in [6.07, 6.45) is 4.17. The van der Waals surface area contributed by atoms with Crippen LogP contribution in [0.5, 0.6) is 0 Å². The minimum atomic E-state index is -0.863. The fraction of sp³-hybridized carbons (Fsp3) is 0.500. The van der Waals surface area contributed by atoms with Gasteiger partial charge in [0.25, 0.3) is 0 Å². The number of carbonyl (C=O) groups is 2. The van der Waals surface area contributed by atoms with E-state index in [1.54, 1.807) is 11.9 Å². The molecule has 20 heavy (non-hydrogen) atoms. The van der Waals surface area contributed by atoms with Crippen LogP contribution in [-0.2, 0) is 9.59 Å². The standard InChI is InChI=1S/C16H21NO3/c1-17(13-8-4-2-5-9-13)14(18)12-16(15(19)20)10-6-3-7-11-16/h2,4-5,8-9H,3,6-7,10-12H2,1H3,(H,19,20). The Morgan fingerprint density at radius 1 is 1.15 bits per heavy atom. The minimum absolute atomic E-state index is 0.0910. The van der Waals surface area contributed by atoms with Crippen molar-refractivity contribution in [2.24, 2.45) is 5.41 Å². The van der Waals surface area contributed by atoms with Crippen molar-refractivity contribution in [1.82, 2.24) is 0 Å². The molecule has 0 spiro atoms. The van der Waals surface area contributed by atoms with Gasteiger partial charge in [0.1, 0.15) is 0 Å². The molecule has 1 saturated carbocycles. The van der Waals surface area contributed by atoms with Crippen molar-refractivity contribution in [2.75, 3.05) is 11.9 Å². The third-order valence-corrected chi connectivity index (χ3v) is 4.27. The fourth-order valence-electron chi connectivity index (χ4n) is 2.90. The second kappa shape index (κ2) is 6.07. The molecule has 0 saturated heterocycles. The fourth-order valence-corrected chi connectivity index (χ4v) is 2.90. The number of anilines is 1. The van der Waals surface area contributed by atoms with Crippen molar-refractivity contribution in [3.05, 3.63) is 30.3 Å². The first kappa shape index (κ1) is 14.6. The number of carbonyl (C=O) groups excluding carboxylic acids is 1. The lowest BCUT2D eigenvalue weighted by Gasteiger charge is -2.33. The Labute approximate surface area is 119 Å². The highest BCUT2D eigenvalue weighted by atomic mass is 16.4. The van der Waals surface area contributed by atoms with Crippen molar-refractivity contribution < 1.29 is 14.7 Å². The number of rotatable bonds is 4. The lowest BCUT2D eigenvalue weighted by Crippen LogP contribution is -2.39. The normalized spacial score (nSPS) is 17.4. The predicted octanol–water partition coefficient (Wildman–Crippen LogP) is 3.07. The number of hydrogen-bond acceptors (Lipinski definition) is 2. The summed E-state index contributed by atoms with van der Waals surface area (Å²) in [4.78, 5) is 25.5. The maximum atomic E-state index is 12.4. The molecule has 1 aromatic rings. The molecule has 0 unspecified atom stereocenters. The number of nitrogens with zero attached hydrogens (tertiary/aromatic N) is 1. The van der Waals surface area contributed by atoms with Crippen LogP contribution in [0.15, 0.2) is 30.3 Å². The number of aliphatic carboxylic acids is 1. The molecular weight excluding hydrogens is 254 g/mol. The lowest BCUT2D eigenvalue weighted by molar-refractivity contribution is -0.153. The molecule has 4 heteroatoms. The van der Waals surface area contributed by atoms with Crippen LogP contribution >= 0.6 is 0 Å². The van der Waals surface area contributed by atoms with E-state index in [-0.39, 0.29) is 12.3 Å². The summed E-state index contributed by atoms with van der Waals surface area (Å²) in [7, 11) is 1.70. The smallest absolute Gasteiger partial charge is 0.310 e. The van der Waals surface area contributed by atoms with E-state index in [4.69, 9.17) is 0 Å². The molecule has 0 aromatic heterocycles. The van der Waals surface area contributed by atoms with E-state index in [1.807, 2.05) is 30.3 Å². The van der Waals surface area contributed by atoms with Crippen molar-refractivity contribution >= 4 is 17.6 Å². The van der Waals surface area contributed by atoms with E-state index in [2.05, 4.69) is 0 Å². The number of benzene rings is 1. The van der Waals surface area contributed by atoms with Gasteiger partial charge in [-0.3, -0.25) is 9.59 Å². The molecule has 1 fully saturated rings. The highest BCUT2D eigenvalue weighted by Gasteiger charge is 2.42. The van der Waals surface area contributed by atoms with Crippen LogP contribution in [0.3, 0.4) is 0 Å². The Bertz CT molecular complexity index is 478. The Morgan fingerprint density at radius 2 is 1.75 bits per heavy atom. The molecule has 4 nitrogen and oxygen atoms in total. The average molecular weight is 275 g/mol. The van der Waals surface area contributed by atoms with Gasteiger partial charge in [0.05, 0.1) is 5.41 Å². The Hall–Kier alpha value is -1.84. The SMILES string of the molecule is CN(C(=O)CC1(C(=O)O)CCCCC1)c1ccccc1. The first-order chi connectivity index (χ1) is 9.55. The molecule has 108 valence electrons. The second-order valence-corrected chi connectivity index (χ2v) is 5.61. The number of carboxylic acids is 1. The number of para-hydroxylation sites is 1. The zero-order valence-electron chi connectivity index (χ0n) is 11.8.